The molecule has 312 valence electrons. The number of oxime groups is 1. The molecular formula is C43H59N3O11. The van der Waals surface area contributed by atoms with E-state index in [1.54, 1.807) is 55.3 Å². The van der Waals surface area contributed by atoms with Crippen molar-refractivity contribution in [3.8, 4) is 23.0 Å². The topological polar surface area (TPSA) is 167 Å². The highest BCUT2D eigenvalue weighted by Crippen LogP contribution is 2.62. The van der Waals surface area contributed by atoms with Crippen LogP contribution in [0.15, 0.2) is 65.9 Å². The zero-order valence-electron chi connectivity index (χ0n) is 33.9. The monoisotopic (exact) mass is 793 g/mol. The fourth-order valence-electron chi connectivity index (χ4n) is 8.79. The molecular weight excluding hydrogens is 734 g/mol. The molecule has 1 fully saturated rings. The molecule has 6 atom stereocenters. The van der Waals surface area contributed by atoms with Gasteiger partial charge in [0.1, 0.15) is 36.1 Å². The molecule has 2 aliphatic carbocycles. The Hall–Kier alpha value is -4.79. The van der Waals surface area contributed by atoms with Crippen LogP contribution in [0.2, 0.25) is 0 Å². The average Bonchev–Trinajstić information content (AvgIpc) is 3.21. The highest BCUT2D eigenvalue weighted by Gasteiger charge is 2.65. The Kier molecular flexibility index (Phi) is 15.6. The number of methoxy groups -OCH3 is 2. The molecule has 0 aromatic heterocycles. The molecule has 3 N–H and O–H groups in total. The van der Waals surface area contributed by atoms with Gasteiger partial charge < -0.3 is 43.5 Å². The van der Waals surface area contributed by atoms with Crippen molar-refractivity contribution in [2.24, 2.45) is 22.9 Å². The predicted octanol–water partition coefficient (Wildman–Crippen LogP) is 7.45. The molecule has 2 aromatic carbocycles. The molecule has 3 aliphatic rings. The first-order chi connectivity index (χ1) is 27.7. The van der Waals surface area contributed by atoms with Crippen molar-refractivity contribution < 1.29 is 53.1 Å². The summed E-state index contributed by atoms with van der Waals surface area (Å²) in [5.74, 6) is -0.376. The number of carbonyl (C=O) groups excluding carboxylic acids is 2. The third-order valence-corrected chi connectivity index (χ3v) is 11.0. The number of hydrogen-bond donors (Lipinski definition) is 3. The number of benzene rings is 2. The van der Waals surface area contributed by atoms with Gasteiger partial charge in [0.25, 0.3) is 0 Å². The number of fused-ring (bicyclic) bond motifs is 2. The summed E-state index contributed by atoms with van der Waals surface area (Å²) in [4.78, 5) is 34.4. The van der Waals surface area contributed by atoms with Crippen LogP contribution < -0.4 is 24.3 Å². The average molecular weight is 794 g/mol. The van der Waals surface area contributed by atoms with Crippen LogP contribution in [0.3, 0.4) is 0 Å². The molecule has 0 spiro atoms. The molecule has 0 bridgehead atoms. The Morgan fingerprint density at radius 3 is 2.44 bits per heavy atom. The van der Waals surface area contributed by atoms with E-state index in [0.717, 1.165) is 36.8 Å². The molecule has 1 aliphatic heterocycles. The van der Waals surface area contributed by atoms with E-state index in [9.17, 15) is 19.8 Å². The van der Waals surface area contributed by atoms with Gasteiger partial charge in [-0.25, -0.2) is 9.59 Å². The summed E-state index contributed by atoms with van der Waals surface area (Å²) >= 11 is 0. The highest BCUT2D eigenvalue weighted by atomic mass is 16.7. The van der Waals surface area contributed by atoms with Gasteiger partial charge in [-0.05, 0) is 86.8 Å². The molecule has 0 saturated heterocycles. The number of aliphatic hydroxyl groups is 2. The Bertz CT molecular complexity index is 1750. The van der Waals surface area contributed by atoms with Gasteiger partial charge in [-0.2, -0.15) is 0 Å². The third kappa shape index (κ3) is 9.51. The minimum Gasteiger partial charge on any atom is -0.497 e. The lowest BCUT2D eigenvalue weighted by molar-refractivity contribution is -0.255. The first kappa shape index (κ1) is 43.3. The second-order valence-corrected chi connectivity index (χ2v) is 14.4. The summed E-state index contributed by atoms with van der Waals surface area (Å²) in [5.41, 5.74) is 2.79. The van der Waals surface area contributed by atoms with Gasteiger partial charge in [-0.1, -0.05) is 37.1 Å². The predicted molar refractivity (Wildman–Crippen MR) is 215 cm³/mol. The maximum Gasteiger partial charge on any atom is 0.417 e. The van der Waals surface area contributed by atoms with Gasteiger partial charge in [0.05, 0.1) is 44.8 Å². The highest BCUT2D eigenvalue weighted by molar-refractivity contribution is 6.03. The molecule has 5 rings (SSSR count). The summed E-state index contributed by atoms with van der Waals surface area (Å²) in [6.45, 7) is 8.58. The number of nitrogens with one attached hydrogen (secondary N) is 1. The quantitative estimate of drug-likeness (QED) is 0.0693. The molecule has 2 aromatic rings. The first-order valence-corrected chi connectivity index (χ1v) is 20.0. The number of amides is 2. The van der Waals surface area contributed by atoms with Crippen LogP contribution in [0.4, 0.5) is 15.3 Å². The Balaban J connectivity index is 1.69. The minimum atomic E-state index is -1.41. The summed E-state index contributed by atoms with van der Waals surface area (Å²) < 4.78 is 36.4. The van der Waals surface area contributed by atoms with Gasteiger partial charge >= 0.3 is 12.2 Å². The van der Waals surface area contributed by atoms with Crippen LogP contribution in [0.25, 0.3) is 0 Å². The normalized spacial score (nSPS) is 23.9. The van der Waals surface area contributed by atoms with Crippen molar-refractivity contribution in [1.82, 2.24) is 4.90 Å². The summed E-state index contributed by atoms with van der Waals surface area (Å²) in [7, 11) is 4.56. The second-order valence-electron chi connectivity index (χ2n) is 14.4. The van der Waals surface area contributed by atoms with Crippen molar-refractivity contribution in [3.63, 3.8) is 0 Å². The van der Waals surface area contributed by atoms with Gasteiger partial charge in [0, 0.05) is 43.7 Å². The van der Waals surface area contributed by atoms with Gasteiger partial charge in [0.15, 0.2) is 0 Å². The number of carbonyl (C=O) groups is 2. The van der Waals surface area contributed by atoms with Gasteiger partial charge in [0.2, 0.25) is 5.79 Å². The summed E-state index contributed by atoms with van der Waals surface area (Å²) in [6, 6.07) is 9.66. The fourth-order valence-corrected chi connectivity index (χ4v) is 8.79. The van der Waals surface area contributed by atoms with Crippen LogP contribution in [0.1, 0.15) is 76.7 Å². The van der Waals surface area contributed by atoms with E-state index < -0.39 is 29.9 Å². The Morgan fingerprint density at radius 1 is 1.02 bits per heavy atom. The fraction of sp³-hybridized carbons (Fsp3) is 0.558. The Morgan fingerprint density at radius 2 is 1.77 bits per heavy atom. The largest absolute Gasteiger partial charge is 0.497 e. The van der Waals surface area contributed by atoms with E-state index in [1.165, 1.54) is 14.2 Å². The number of unbranched alkanes of at least 4 members (excludes halogenated alkanes) is 2. The SMILES string of the molecule is C=CCO[C@@]12Oc3ccc(OC(=O)Nc4ccc(OC)cc4OC)cc3[C@H]3[C@H](CCCCO)[C@@H](CCCCO)C=C(C(=NOC)C[C@@H]1N(CCC)C(=O)OCC)[C@H]32. The van der Waals surface area contributed by atoms with E-state index in [2.05, 4.69) is 23.1 Å². The van der Waals surface area contributed by atoms with Crippen LogP contribution in [0.5, 0.6) is 23.0 Å². The van der Waals surface area contributed by atoms with Crippen molar-refractivity contribution in [2.45, 2.75) is 83.0 Å². The summed E-state index contributed by atoms with van der Waals surface area (Å²) in [6.07, 6.45) is 8.04. The lowest BCUT2D eigenvalue weighted by Crippen LogP contribution is -2.70. The second kappa shape index (κ2) is 20.6. The van der Waals surface area contributed by atoms with Gasteiger partial charge in [-0.15, -0.1) is 6.58 Å². The lowest BCUT2D eigenvalue weighted by Gasteiger charge is -2.59. The number of nitrogens with zero attached hydrogens (tertiary/aromatic N) is 2. The van der Waals surface area contributed by atoms with E-state index in [1.807, 2.05) is 13.0 Å². The molecule has 14 nitrogen and oxygen atoms in total. The first-order valence-electron chi connectivity index (χ1n) is 20.0. The standard InChI is InChI=1S/C43H59N3O11/c1-7-20-46(42(50)54-9-3)38-27-35(45-53-6)32-24-28(14-10-12-21-47)31(15-11-13-22-48)39-33-25-30(17-19-36(33)57-43(38,40(32)39)55-23-8-2)56-41(49)44-34-18-16-29(51-4)26-37(34)52-5/h8,16-19,24-26,28,31,38-40,47-48H,2,7,9-15,20-23,27H2,1,3-6H3,(H,44,49)/t28-,31+,38-,39+,40+,43+/m0/s1. The van der Waals surface area contributed by atoms with Crippen molar-refractivity contribution >= 4 is 23.6 Å². The molecule has 57 heavy (non-hydrogen) atoms. The van der Waals surface area contributed by atoms with E-state index in [0.29, 0.717) is 60.2 Å². The van der Waals surface area contributed by atoms with Crippen molar-refractivity contribution in [3.05, 3.63) is 66.3 Å². The molecule has 0 radical (unpaired) electrons. The number of ether oxygens (including phenoxy) is 6. The maximum absolute atomic E-state index is 13.8. The number of allylic oxidation sites excluding steroid dienone is 1. The minimum absolute atomic E-state index is 0.00394. The molecule has 2 amide bonds. The van der Waals surface area contributed by atoms with Crippen LogP contribution >= 0.6 is 0 Å². The number of aliphatic hydroxyl groups excluding tert-OH is 2. The van der Waals surface area contributed by atoms with E-state index in [-0.39, 0.29) is 50.6 Å². The number of rotatable bonds is 20. The van der Waals surface area contributed by atoms with E-state index in [4.69, 9.17) is 33.3 Å². The zero-order valence-corrected chi connectivity index (χ0v) is 33.9. The third-order valence-electron chi connectivity index (χ3n) is 11.0. The molecule has 0 unspecified atom stereocenters. The smallest absolute Gasteiger partial charge is 0.417 e. The zero-order chi connectivity index (χ0) is 41.0. The summed E-state index contributed by atoms with van der Waals surface area (Å²) in [5, 5.41) is 27.0. The lowest BCUT2D eigenvalue weighted by atomic mass is 9.55. The van der Waals surface area contributed by atoms with E-state index >= 15 is 0 Å². The molecule has 14 heteroatoms. The van der Waals surface area contributed by atoms with Crippen LogP contribution in [-0.2, 0) is 14.3 Å². The van der Waals surface area contributed by atoms with Crippen molar-refractivity contribution in [2.75, 3.05) is 59.6 Å². The Labute approximate surface area is 335 Å². The van der Waals surface area contributed by atoms with Crippen LogP contribution in [0, 0.1) is 17.8 Å². The number of hydrogen-bond acceptors (Lipinski definition) is 12. The number of anilines is 1. The molecule has 1 heterocycles. The molecule has 1 saturated carbocycles. The maximum atomic E-state index is 13.8. The van der Waals surface area contributed by atoms with Crippen molar-refractivity contribution in [1.29, 1.82) is 0 Å². The van der Waals surface area contributed by atoms with Crippen LogP contribution in [-0.4, -0.2) is 99.1 Å². The van der Waals surface area contributed by atoms with Gasteiger partial charge in [-0.3, -0.25) is 10.2 Å².